The molecule has 42 heavy (non-hydrogen) atoms. The van der Waals surface area contributed by atoms with Crippen LogP contribution in [-0.4, -0.2) is 72.9 Å². The Morgan fingerprint density at radius 2 is 1.74 bits per heavy atom. The van der Waals surface area contributed by atoms with E-state index in [2.05, 4.69) is 50.5 Å². The summed E-state index contributed by atoms with van der Waals surface area (Å²) in [7, 11) is -1.80. The number of nitrogens with zero attached hydrogens (tertiary/aromatic N) is 3. The van der Waals surface area contributed by atoms with Crippen molar-refractivity contribution in [1.29, 1.82) is 0 Å². The average Bonchev–Trinajstić information content (AvgIpc) is 3.61. The number of aromatic amines is 1. The van der Waals surface area contributed by atoms with E-state index in [4.69, 9.17) is 4.98 Å². The van der Waals surface area contributed by atoms with E-state index in [0.29, 0.717) is 30.6 Å². The Morgan fingerprint density at radius 3 is 2.33 bits per heavy atom. The van der Waals surface area contributed by atoms with Crippen LogP contribution in [0.4, 0.5) is 10.5 Å². The van der Waals surface area contributed by atoms with Gasteiger partial charge in [-0.15, -0.1) is 36.6 Å². The summed E-state index contributed by atoms with van der Waals surface area (Å²) < 4.78 is 30.3. The fraction of sp³-hybridized carbons (Fsp3) is 0.448. The van der Waals surface area contributed by atoms with Crippen molar-refractivity contribution in [2.45, 2.75) is 36.7 Å². The van der Waals surface area contributed by atoms with Gasteiger partial charge in [-0.3, -0.25) is 10.2 Å². The Hall–Kier alpha value is -2.28. The number of thioether (sulfide) groups is 1. The van der Waals surface area contributed by atoms with E-state index >= 15 is 0 Å². The van der Waals surface area contributed by atoms with Gasteiger partial charge in [-0.1, -0.05) is 24.3 Å². The van der Waals surface area contributed by atoms with Crippen molar-refractivity contribution in [1.82, 2.24) is 19.2 Å². The SMILES string of the molecule is COC(=O)Nc1ccc(-c2cnc([C@@H]3C[C@H](C4CCN(S(C)(=O)=O)CC4)CN3Cc3ccc(SC)cc3)[nH]2)cc1.Cl.Cl. The molecule has 2 N–H and O–H groups in total. The number of halogens is 2. The minimum absolute atomic E-state index is 0. The van der Waals surface area contributed by atoms with Crippen LogP contribution in [0.25, 0.3) is 11.3 Å². The molecule has 0 radical (unpaired) electrons. The van der Waals surface area contributed by atoms with Gasteiger partial charge in [-0.05, 0) is 72.7 Å². The summed E-state index contributed by atoms with van der Waals surface area (Å²) in [4.78, 5) is 23.7. The molecule has 0 spiro atoms. The number of imidazole rings is 1. The monoisotopic (exact) mass is 655 g/mol. The molecule has 230 valence electrons. The molecule has 0 unspecified atom stereocenters. The molecule has 2 fully saturated rings. The Kier molecular flexibility index (Phi) is 12.2. The number of ether oxygens (including phenoxy) is 1. The zero-order chi connectivity index (χ0) is 28.3. The number of likely N-dealkylation sites (tertiary alicyclic amines) is 1. The van der Waals surface area contributed by atoms with E-state index < -0.39 is 16.1 Å². The molecule has 3 heterocycles. The van der Waals surface area contributed by atoms with Crippen molar-refractivity contribution < 1.29 is 17.9 Å². The lowest BCUT2D eigenvalue weighted by atomic mass is 9.83. The van der Waals surface area contributed by atoms with Gasteiger partial charge in [0.15, 0.2) is 0 Å². The molecule has 2 aliphatic rings. The maximum absolute atomic E-state index is 12.0. The standard InChI is InChI=1S/C29H37N5O4S2.2ClH/c1-38-29(35)31-24-8-6-22(7-9-24)26-17-30-28(32-26)27-16-23(21-12-14-34(15-13-21)40(3,36)37)19-33(27)18-20-4-10-25(39-2)11-5-20;;/h4-11,17,21,23,27H,12-16,18-19H2,1-3H3,(H,30,32)(H,31,35);2*1H/t23-,27-;;/m0../s1. The number of H-pyrrole nitrogens is 1. The van der Waals surface area contributed by atoms with E-state index in [1.54, 1.807) is 16.1 Å². The predicted octanol–water partition coefficient (Wildman–Crippen LogP) is 6.06. The molecule has 2 aliphatic heterocycles. The van der Waals surface area contributed by atoms with Crippen LogP contribution >= 0.6 is 36.6 Å². The van der Waals surface area contributed by atoms with Crippen molar-refractivity contribution >= 4 is 58.4 Å². The van der Waals surface area contributed by atoms with E-state index in [-0.39, 0.29) is 30.9 Å². The number of sulfonamides is 1. The van der Waals surface area contributed by atoms with Gasteiger partial charge in [0.2, 0.25) is 10.0 Å². The summed E-state index contributed by atoms with van der Waals surface area (Å²) in [6.45, 7) is 3.00. The first kappa shape index (κ1) is 34.2. The van der Waals surface area contributed by atoms with Crippen LogP contribution in [0.5, 0.6) is 0 Å². The third kappa shape index (κ3) is 8.21. The molecule has 9 nitrogen and oxygen atoms in total. The van der Waals surface area contributed by atoms with Gasteiger partial charge < -0.3 is 9.72 Å². The maximum atomic E-state index is 12.0. The van der Waals surface area contributed by atoms with Crippen LogP contribution in [0.15, 0.2) is 59.6 Å². The maximum Gasteiger partial charge on any atom is 0.411 e. The first-order chi connectivity index (χ1) is 19.2. The molecule has 13 heteroatoms. The number of anilines is 1. The van der Waals surface area contributed by atoms with Gasteiger partial charge >= 0.3 is 6.09 Å². The highest BCUT2D eigenvalue weighted by Crippen LogP contribution is 2.42. The summed E-state index contributed by atoms with van der Waals surface area (Å²) >= 11 is 1.74. The summed E-state index contributed by atoms with van der Waals surface area (Å²) in [5, 5.41) is 2.67. The molecule has 0 aliphatic carbocycles. The fourth-order valence-corrected chi connectivity index (χ4v) is 7.22. The summed E-state index contributed by atoms with van der Waals surface area (Å²) in [6.07, 6.45) is 7.55. The van der Waals surface area contributed by atoms with Gasteiger partial charge in [0.1, 0.15) is 5.82 Å². The van der Waals surface area contributed by atoms with Crippen LogP contribution < -0.4 is 5.32 Å². The molecule has 2 atom stereocenters. The van der Waals surface area contributed by atoms with Gasteiger partial charge in [0.25, 0.3) is 0 Å². The Bertz CT molecular complexity index is 1410. The fourth-order valence-electron chi connectivity index (χ4n) is 5.94. The summed E-state index contributed by atoms with van der Waals surface area (Å²) in [5.74, 6) is 1.92. The Balaban J connectivity index is 0.00000242. The number of hydrogen-bond acceptors (Lipinski definition) is 7. The minimum atomic E-state index is -3.14. The van der Waals surface area contributed by atoms with Crippen LogP contribution in [-0.2, 0) is 21.3 Å². The number of amides is 1. The molecular formula is C29H39Cl2N5O4S2. The molecule has 5 rings (SSSR count). The molecule has 3 aromatic rings. The normalized spacial score (nSPS) is 20.0. The van der Waals surface area contributed by atoms with Crippen molar-refractivity contribution in [3.63, 3.8) is 0 Å². The van der Waals surface area contributed by atoms with Crippen molar-refractivity contribution in [3.8, 4) is 11.3 Å². The lowest BCUT2D eigenvalue weighted by Gasteiger charge is -2.33. The number of rotatable bonds is 8. The molecule has 2 aromatic carbocycles. The van der Waals surface area contributed by atoms with Crippen LogP contribution in [0.2, 0.25) is 0 Å². The van der Waals surface area contributed by atoms with Gasteiger partial charge in [0.05, 0.1) is 31.3 Å². The second kappa shape index (κ2) is 14.9. The lowest BCUT2D eigenvalue weighted by Crippen LogP contribution is -2.39. The highest BCUT2D eigenvalue weighted by molar-refractivity contribution is 7.98. The number of methoxy groups -OCH3 is 1. The second-order valence-corrected chi connectivity index (χ2v) is 13.5. The summed E-state index contributed by atoms with van der Waals surface area (Å²) in [5.41, 5.74) is 3.84. The molecular weight excluding hydrogens is 617 g/mol. The highest BCUT2D eigenvalue weighted by Gasteiger charge is 2.40. The number of piperidine rings is 1. The van der Waals surface area contributed by atoms with E-state index in [1.807, 2.05) is 30.5 Å². The van der Waals surface area contributed by atoms with Gasteiger partial charge in [0, 0.05) is 36.8 Å². The largest absolute Gasteiger partial charge is 0.453 e. The Labute approximate surface area is 265 Å². The van der Waals surface area contributed by atoms with E-state index in [0.717, 1.165) is 49.4 Å². The first-order valence-electron chi connectivity index (χ1n) is 13.6. The predicted molar refractivity (Wildman–Crippen MR) is 173 cm³/mol. The van der Waals surface area contributed by atoms with E-state index in [9.17, 15) is 13.2 Å². The smallest absolute Gasteiger partial charge is 0.411 e. The zero-order valence-corrected chi connectivity index (χ0v) is 27.3. The molecule has 2 saturated heterocycles. The number of aromatic nitrogens is 2. The quantitative estimate of drug-likeness (QED) is 0.284. The molecule has 0 saturated carbocycles. The average molecular weight is 657 g/mol. The lowest BCUT2D eigenvalue weighted by molar-refractivity contribution is 0.187. The third-order valence-electron chi connectivity index (χ3n) is 8.15. The second-order valence-electron chi connectivity index (χ2n) is 10.7. The van der Waals surface area contributed by atoms with Gasteiger partial charge in [-0.25, -0.2) is 22.5 Å². The van der Waals surface area contributed by atoms with Gasteiger partial charge in [-0.2, -0.15) is 0 Å². The zero-order valence-electron chi connectivity index (χ0n) is 24.0. The molecule has 1 amide bonds. The third-order valence-corrected chi connectivity index (χ3v) is 10.2. The number of hydrogen-bond donors (Lipinski definition) is 2. The minimum Gasteiger partial charge on any atom is -0.453 e. The van der Waals surface area contributed by atoms with Crippen LogP contribution in [0.1, 0.15) is 36.7 Å². The molecule has 1 aromatic heterocycles. The molecule has 0 bridgehead atoms. The number of nitrogens with one attached hydrogen (secondary N) is 2. The van der Waals surface area contributed by atoms with E-state index in [1.165, 1.54) is 23.8 Å². The highest BCUT2D eigenvalue weighted by atomic mass is 35.5. The summed E-state index contributed by atoms with van der Waals surface area (Å²) in [6, 6.07) is 16.5. The van der Waals surface area contributed by atoms with Crippen LogP contribution in [0, 0.1) is 11.8 Å². The number of carbonyl (C=O) groups excluding carboxylic acids is 1. The topological polar surface area (TPSA) is 108 Å². The number of benzene rings is 2. The van der Waals surface area contributed by atoms with Crippen LogP contribution in [0.3, 0.4) is 0 Å². The van der Waals surface area contributed by atoms with Crippen molar-refractivity contribution in [2.24, 2.45) is 11.8 Å². The van der Waals surface area contributed by atoms with Crippen molar-refractivity contribution in [3.05, 3.63) is 66.1 Å². The van der Waals surface area contributed by atoms with Crippen molar-refractivity contribution in [2.75, 3.05) is 44.6 Å². The first-order valence-corrected chi connectivity index (χ1v) is 16.6. The number of carbonyl (C=O) groups is 1. The Morgan fingerprint density at radius 1 is 1.07 bits per heavy atom.